The average molecular weight is 212 g/mol. The summed E-state index contributed by atoms with van der Waals surface area (Å²) in [5, 5.41) is 8.22. The number of carbonyl (C=O) groups is 2. The van der Waals surface area contributed by atoms with Gasteiger partial charge in [0.15, 0.2) is 0 Å². The molecule has 0 aliphatic rings. The van der Waals surface area contributed by atoms with Gasteiger partial charge in [-0.1, -0.05) is 12.1 Å². The molecule has 0 aliphatic heterocycles. The van der Waals surface area contributed by atoms with Crippen molar-refractivity contribution in [3.63, 3.8) is 0 Å². The van der Waals surface area contributed by atoms with Crippen molar-refractivity contribution in [3.05, 3.63) is 29.8 Å². The molecule has 0 atom stereocenters. The van der Waals surface area contributed by atoms with Gasteiger partial charge in [-0.3, -0.25) is 0 Å². The molecule has 0 bridgehead atoms. The second kappa shape index (κ2) is 4.66. The van der Waals surface area contributed by atoms with Crippen LogP contribution < -0.4 is 0 Å². The lowest BCUT2D eigenvalue weighted by Gasteiger charge is -2.01. The van der Waals surface area contributed by atoms with E-state index in [-0.39, 0.29) is 6.61 Å². The molecule has 5 heteroatoms. The molecule has 0 saturated heterocycles. The SMILES string of the molecule is O=C(O)C(=O)OCc1ccc(S)cc1. The van der Waals surface area contributed by atoms with E-state index in [1.165, 1.54) is 0 Å². The number of esters is 1. The van der Waals surface area contributed by atoms with Crippen molar-refractivity contribution < 1.29 is 19.4 Å². The second-order valence-corrected chi connectivity index (χ2v) is 3.06. The van der Waals surface area contributed by atoms with Crippen molar-refractivity contribution in [2.75, 3.05) is 0 Å². The van der Waals surface area contributed by atoms with Crippen molar-refractivity contribution in [3.8, 4) is 0 Å². The first-order chi connectivity index (χ1) is 6.59. The van der Waals surface area contributed by atoms with Crippen LogP contribution in [0, 0.1) is 0 Å². The molecular weight excluding hydrogens is 204 g/mol. The summed E-state index contributed by atoms with van der Waals surface area (Å²) in [6.45, 7) is -0.0425. The largest absolute Gasteiger partial charge is 0.473 e. The Morgan fingerprint density at radius 2 is 1.86 bits per heavy atom. The summed E-state index contributed by atoms with van der Waals surface area (Å²) in [4.78, 5) is 21.4. The van der Waals surface area contributed by atoms with Crippen LogP contribution in [0.5, 0.6) is 0 Å². The first-order valence-corrected chi connectivity index (χ1v) is 4.22. The van der Waals surface area contributed by atoms with E-state index in [0.717, 1.165) is 10.5 Å². The Labute approximate surface area is 85.9 Å². The van der Waals surface area contributed by atoms with Gasteiger partial charge in [0.1, 0.15) is 6.61 Å². The minimum atomic E-state index is -1.59. The topological polar surface area (TPSA) is 63.6 Å². The van der Waals surface area contributed by atoms with E-state index in [1.807, 2.05) is 0 Å². The van der Waals surface area contributed by atoms with Gasteiger partial charge >= 0.3 is 11.9 Å². The molecule has 74 valence electrons. The van der Waals surface area contributed by atoms with Crippen LogP contribution in [0.3, 0.4) is 0 Å². The molecule has 0 aromatic heterocycles. The quantitative estimate of drug-likeness (QED) is 0.438. The number of carboxylic acid groups (broad SMARTS) is 1. The lowest BCUT2D eigenvalue weighted by atomic mass is 10.2. The summed E-state index contributed by atoms with van der Waals surface area (Å²) >= 11 is 4.07. The summed E-state index contributed by atoms with van der Waals surface area (Å²) in [6.07, 6.45) is 0. The summed E-state index contributed by atoms with van der Waals surface area (Å²) in [7, 11) is 0. The second-order valence-electron chi connectivity index (χ2n) is 2.55. The molecule has 1 rings (SSSR count). The molecule has 0 aliphatic carbocycles. The van der Waals surface area contributed by atoms with Crippen LogP contribution in [0.1, 0.15) is 5.56 Å². The summed E-state index contributed by atoms with van der Waals surface area (Å²) < 4.78 is 4.47. The van der Waals surface area contributed by atoms with Gasteiger partial charge in [0.25, 0.3) is 0 Å². The van der Waals surface area contributed by atoms with Crippen molar-refractivity contribution in [2.24, 2.45) is 0 Å². The number of carbonyl (C=O) groups excluding carboxylic acids is 1. The Hall–Kier alpha value is -1.49. The fourth-order valence-electron chi connectivity index (χ4n) is 0.803. The van der Waals surface area contributed by atoms with Crippen molar-refractivity contribution in [1.82, 2.24) is 0 Å². The first-order valence-electron chi connectivity index (χ1n) is 3.77. The van der Waals surface area contributed by atoms with Gasteiger partial charge in [-0.2, -0.15) is 0 Å². The van der Waals surface area contributed by atoms with Crippen LogP contribution in [-0.2, 0) is 20.9 Å². The third-order valence-electron chi connectivity index (χ3n) is 1.48. The molecule has 1 N–H and O–H groups in total. The predicted molar refractivity (Wildman–Crippen MR) is 51.1 cm³/mol. The highest BCUT2D eigenvalue weighted by Gasteiger charge is 2.12. The van der Waals surface area contributed by atoms with E-state index in [9.17, 15) is 9.59 Å². The number of hydrogen-bond acceptors (Lipinski definition) is 4. The predicted octanol–water partition coefficient (Wildman–Crippen LogP) is 1.10. The van der Waals surface area contributed by atoms with Crippen LogP contribution in [0.25, 0.3) is 0 Å². The minimum Gasteiger partial charge on any atom is -0.473 e. The normalized spacial score (nSPS) is 9.50. The Bertz CT molecular complexity index is 344. The zero-order chi connectivity index (χ0) is 10.6. The highest BCUT2D eigenvalue weighted by atomic mass is 32.1. The number of ether oxygens (including phenoxy) is 1. The Balaban J connectivity index is 2.50. The average Bonchev–Trinajstić information content (AvgIpc) is 2.16. The molecule has 0 unspecified atom stereocenters. The Morgan fingerprint density at radius 1 is 1.29 bits per heavy atom. The zero-order valence-electron chi connectivity index (χ0n) is 7.14. The van der Waals surface area contributed by atoms with Gasteiger partial charge in [0.2, 0.25) is 0 Å². The van der Waals surface area contributed by atoms with E-state index in [2.05, 4.69) is 17.4 Å². The summed E-state index contributed by atoms with van der Waals surface area (Å²) in [5.74, 6) is -2.84. The van der Waals surface area contributed by atoms with E-state index >= 15 is 0 Å². The van der Waals surface area contributed by atoms with Gasteiger partial charge in [0.05, 0.1) is 0 Å². The number of carboxylic acids is 1. The van der Waals surface area contributed by atoms with Gasteiger partial charge in [-0.25, -0.2) is 9.59 Å². The van der Waals surface area contributed by atoms with Crippen molar-refractivity contribution in [2.45, 2.75) is 11.5 Å². The molecule has 0 fully saturated rings. The highest BCUT2D eigenvalue weighted by Crippen LogP contribution is 2.08. The fourth-order valence-corrected chi connectivity index (χ4v) is 0.952. The fraction of sp³-hybridized carbons (Fsp3) is 0.111. The molecule has 1 aromatic rings. The van der Waals surface area contributed by atoms with Crippen LogP contribution in [0.15, 0.2) is 29.2 Å². The Kier molecular flexibility index (Phi) is 3.53. The van der Waals surface area contributed by atoms with Crippen molar-refractivity contribution >= 4 is 24.6 Å². The third-order valence-corrected chi connectivity index (χ3v) is 1.78. The van der Waals surface area contributed by atoms with E-state index in [1.54, 1.807) is 24.3 Å². The zero-order valence-corrected chi connectivity index (χ0v) is 8.03. The number of aliphatic carboxylic acids is 1. The molecule has 4 nitrogen and oxygen atoms in total. The van der Waals surface area contributed by atoms with Gasteiger partial charge in [0, 0.05) is 4.90 Å². The van der Waals surface area contributed by atoms with Crippen LogP contribution in [0.2, 0.25) is 0 Å². The molecule has 1 aromatic carbocycles. The first kappa shape index (κ1) is 10.6. The van der Waals surface area contributed by atoms with Crippen LogP contribution >= 0.6 is 12.6 Å². The Morgan fingerprint density at radius 3 is 2.36 bits per heavy atom. The minimum absolute atomic E-state index is 0.0425. The number of benzene rings is 1. The third kappa shape index (κ3) is 3.10. The molecule has 0 heterocycles. The molecule has 0 radical (unpaired) electrons. The summed E-state index contributed by atoms with van der Waals surface area (Å²) in [6, 6.07) is 6.87. The van der Waals surface area contributed by atoms with Gasteiger partial charge in [-0.15, -0.1) is 12.6 Å². The highest BCUT2D eigenvalue weighted by molar-refractivity contribution is 7.80. The molecule has 0 amide bonds. The van der Waals surface area contributed by atoms with Crippen LogP contribution in [-0.4, -0.2) is 17.0 Å². The molecule has 0 saturated carbocycles. The van der Waals surface area contributed by atoms with Gasteiger partial charge < -0.3 is 9.84 Å². The monoisotopic (exact) mass is 212 g/mol. The maximum Gasteiger partial charge on any atom is 0.417 e. The molecule has 0 spiro atoms. The maximum absolute atomic E-state index is 10.5. The molecular formula is C9H8O4S. The van der Waals surface area contributed by atoms with Gasteiger partial charge in [-0.05, 0) is 17.7 Å². The number of thiol groups is 1. The smallest absolute Gasteiger partial charge is 0.417 e. The van der Waals surface area contributed by atoms with E-state index in [0.29, 0.717) is 0 Å². The van der Waals surface area contributed by atoms with E-state index < -0.39 is 11.9 Å². The lowest BCUT2D eigenvalue weighted by molar-refractivity contribution is -0.164. The van der Waals surface area contributed by atoms with Crippen LogP contribution in [0.4, 0.5) is 0 Å². The summed E-state index contributed by atoms with van der Waals surface area (Å²) in [5.41, 5.74) is 0.720. The molecule has 14 heavy (non-hydrogen) atoms. The number of rotatable bonds is 2. The van der Waals surface area contributed by atoms with E-state index in [4.69, 9.17) is 5.11 Å². The van der Waals surface area contributed by atoms with Crippen molar-refractivity contribution in [1.29, 1.82) is 0 Å². The standard InChI is InChI=1S/C9H8O4S/c10-8(11)9(12)13-5-6-1-3-7(14)4-2-6/h1-4,14H,5H2,(H,10,11). The maximum atomic E-state index is 10.5. The number of hydrogen-bond donors (Lipinski definition) is 2. The lowest BCUT2D eigenvalue weighted by Crippen LogP contribution is -2.15.